The van der Waals surface area contributed by atoms with E-state index in [0.29, 0.717) is 6.54 Å². The van der Waals surface area contributed by atoms with E-state index >= 15 is 0 Å². The largest absolute Gasteiger partial charge is 0.615 e. The molecule has 1 aliphatic rings. The quantitative estimate of drug-likeness (QED) is 0.789. The van der Waals surface area contributed by atoms with Crippen LogP contribution in [0.1, 0.15) is 15.9 Å². The summed E-state index contributed by atoms with van der Waals surface area (Å²) >= 11 is -1.35. The average Bonchev–Trinajstić information content (AvgIpc) is 3.04. The number of nitrogens with zero attached hydrogens (tertiary/aromatic N) is 1. The molecule has 0 radical (unpaired) electrons. The van der Waals surface area contributed by atoms with Crippen LogP contribution in [0.4, 0.5) is 4.39 Å². The first-order valence-corrected chi connectivity index (χ1v) is 9.40. The molecule has 2 amide bonds. The molecule has 6 nitrogen and oxygen atoms in total. The molecule has 2 atom stereocenters. The third-order valence-corrected chi connectivity index (χ3v) is 5.32. The van der Waals surface area contributed by atoms with Gasteiger partial charge in [0, 0.05) is 12.1 Å². The van der Waals surface area contributed by atoms with Gasteiger partial charge < -0.3 is 15.0 Å². The minimum Gasteiger partial charge on any atom is -0.615 e. The number of amides is 2. The van der Waals surface area contributed by atoms with E-state index in [2.05, 4.69) is 5.32 Å². The number of benzene rings is 2. The molecule has 0 aliphatic carbocycles. The van der Waals surface area contributed by atoms with Crippen molar-refractivity contribution in [1.82, 2.24) is 10.2 Å². The van der Waals surface area contributed by atoms with Crippen LogP contribution in [0, 0.1) is 5.82 Å². The summed E-state index contributed by atoms with van der Waals surface area (Å²) in [5, 5.41) is 12.2. The molecule has 136 valence electrons. The lowest BCUT2D eigenvalue weighted by Gasteiger charge is -2.20. The van der Waals surface area contributed by atoms with Gasteiger partial charge in [0.2, 0.25) is 5.91 Å². The Morgan fingerprint density at radius 1 is 1.27 bits per heavy atom. The predicted molar refractivity (Wildman–Crippen MR) is 94.2 cm³/mol. The Kier molecular flexibility index (Phi) is 5.43. The van der Waals surface area contributed by atoms with Crippen molar-refractivity contribution in [3.63, 3.8) is 0 Å². The molecule has 8 heteroatoms. The minimum absolute atomic E-state index is 0.0312. The topological polar surface area (TPSA) is 92.7 Å². The number of aromatic hydroxyl groups is 1. The minimum atomic E-state index is -1.35. The third kappa shape index (κ3) is 3.97. The van der Waals surface area contributed by atoms with Crippen molar-refractivity contribution < 1.29 is 23.6 Å². The van der Waals surface area contributed by atoms with Crippen molar-refractivity contribution in [1.29, 1.82) is 0 Å². The molecule has 0 aromatic heterocycles. The van der Waals surface area contributed by atoms with Gasteiger partial charge >= 0.3 is 0 Å². The number of rotatable bonds is 4. The fourth-order valence-corrected chi connectivity index (χ4v) is 4.09. The maximum absolute atomic E-state index is 13.2. The molecule has 1 aliphatic heterocycles. The molecule has 0 bridgehead atoms. The van der Waals surface area contributed by atoms with Crippen LogP contribution in [-0.4, -0.2) is 44.0 Å². The zero-order valence-electron chi connectivity index (χ0n) is 13.7. The first kappa shape index (κ1) is 18.2. The summed E-state index contributed by atoms with van der Waals surface area (Å²) in [6, 6.07) is 11.6. The Bertz CT molecular complexity index is 818. The van der Waals surface area contributed by atoms with Crippen LogP contribution in [0.15, 0.2) is 48.5 Å². The summed E-state index contributed by atoms with van der Waals surface area (Å²) in [5.41, 5.74) is 0.935. The van der Waals surface area contributed by atoms with Gasteiger partial charge in [-0.2, -0.15) is 0 Å². The van der Waals surface area contributed by atoms with Crippen LogP contribution in [0.3, 0.4) is 0 Å². The molecular formula is C18H17FN2O4S. The Morgan fingerprint density at radius 2 is 2.00 bits per heavy atom. The second-order valence-corrected chi connectivity index (χ2v) is 7.37. The van der Waals surface area contributed by atoms with Crippen molar-refractivity contribution in [3.05, 3.63) is 65.5 Å². The molecule has 2 N–H and O–H groups in total. The molecule has 26 heavy (non-hydrogen) atoms. The van der Waals surface area contributed by atoms with Gasteiger partial charge in [-0.15, -0.1) is 0 Å². The zero-order valence-corrected chi connectivity index (χ0v) is 14.5. The monoisotopic (exact) mass is 376 g/mol. The lowest BCUT2D eigenvalue weighted by atomic mass is 10.1. The summed E-state index contributed by atoms with van der Waals surface area (Å²) in [5.74, 6) is -2.52. The van der Waals surface area contributed by atoms with Crippen molar-refractivity contribution >= 4 is 23.0 Å². The molecular weight excluding hydrogens is 359 g/mol. The highest BCUT2D eigenvalue weighted by Crippen LogP contribution is 2.22. The van der Waals surface area contributed by atoms with E-state index < -0.39 is 40.6 Å². The zero-order chi connectivity index (χ0) is 18.7. The van der Waals surface area contributed by atoms with Crippen molar-refractivity contribution in [3.8, 4) is 5.75 Å². The van der Waals surface area contributed by atoms with E-state index in [0.717, 1.165) is 17.7 Å². The SMILES string of the molecule is O=C(NCc1ccccc1)C1C[S+]([O-])CN1C(=O)c1ccc(F)c(O)c1. The first-order valence-electron chi connectivity index (χ1n) is 7.92. The number of phenols is 1. The van der Waals surface area contributed by atoms with Crippen LogP contribution in [0.25, 0.3) is 0 Å². The molecule has 1 heterocycles. The van der Waals surface area contributed by atoms with Gasteiger partial charge in [0.1, 0.15) is 5.75 Å². The second-order valence-electron chi connectivity index (χ2n) is 5.90. The number of nitrogens with one attached hydrogen (secondary N) is 1. The second kappa shape index (κ2) is 7.76. The highest BCUT2D eigenvalue weighted by atomic mass is 32.2. The summed E-state index contributed by atoms with van der Waals surface area (Å²) in [4.78, 5) is 26.3. The first-order chi connectivity index (χ1) is 12.5. The van der Waals surface area contributed by atoms with Crippen LogP contribution < -0.4 is 5.32 Å². The van der Waals surface area contributed by atoms with Gasteiger partial charge in [-0.1, -0.05) is 30.3 Å². The number of halogens is 1. The molecule has 2 aromatic carbocycles. The standard InChI is InChI=1S/C18H17FN2O4S/c19-14-7-6-13(8-16(14)22)18(24)21-11-26(25)10-15(21)17(23)20-9-12-4-2-1-3-5-12/h1-8,15,22H,9-11H2,(H,20,23). The van der Waals surface area contributed by atoms with Gasteiger partial charge in [0.15, 0.2) is 23.5 Å². The predicted octanol–water partition coefficient (Wildman–Crippen LogP) is 1.38. The molecule has 2 aromatic rings. The number of hydrogen-bond donors (Lipinski definition) is 2. The fraction of sp³-hybridized carbons (Fsp3) is 0.222. The van der Waals surface area contributed by atoms with Gasteiger partial charge in [-0.25, -0.2) is 4.39 Å². The fourth-order valence-electron chi connectivity index (χ4n) is 2.70. The maximum atomic E-state index is 13.2. The Labute approximate surface area is 152 Å². The highest BCUT2D eigenvalue weighted by Gasteiger charge is 2.42. The smallest absolute Gasteiger partial charge is 0.258 e. The third-order valence-electron chi connectivity index (χ3n) is 4.07. The van der Waals surface area contributed by atoms with Crippen molar-refractivity contribution in [2.75, 3.05) is 11.6 Å². The van der Waals surface area contributed by atoms with Crippen LogP contribution in [0.5, 0.6) is 5.75 Å². The highest BCUT2D eigenvalue weighted by molar-refractivity contribution is 7.91. The Morgan fingerprint density at radius 3 is 2.69 bits per heavy atom. The lowest BCUT2D eigenvalue weighted by Crippen LogP contribution is -2.47. The summed E-state index contributed by atoms with van der Waals surface area (Å²) in [6.07, 6.45) is 0. The average molecular weight is 376 g/mol. The van der Waals surface area contributed by atoms with Gasteiger partial charge in [-0.05, 0) is 34.9 Å². The van der Waals surface area contributed by atoms with Crippen molar-refractivity contribution in [2.24, 2.45) is 0 Å². The number of hydrogen-bond acceptors (Lipinski definition) is 4. The summed E-state index contributed by atoms with van der Waals surface area (Å²) < 4.78 is 25.1. The Balaban J connectivity index is 1.72. The van der Waals surface area contributed by atoms with E-state index in [1.54, 1.807) is 0 Å². The van der Waals surface area contributed by atoms with E-state index in [-0.39, 0.29) is 17.2 Å². The van der Waals surface area contributed by atoms with E-state index in [1.165, 1.54) is 11.0 Å². The molecule has 0 spiro atoms. The van der Waals surface area contributed by atoms with Gasteiger partial charge in [0.25, 0.3) is 5.91 Å². The Hall–Kier alpha value is -2.58. The molecule has 3 rings (SSSR count). The van der Waals surface area contributed by atoms with Crippen LogP contribution in [-0.2, 0) is 22.5 Å². The van der Waals surface area contributed by atoms with E-state index in [1.807, 2.05) is 30.3 Å². The molecule has 1 fully saturated rings. The van der Waals surface area contributed by atoms with Crippen molar-refractivity contribution in [2.45, 2.75) is 12.6 Å². The summed E-state index contributed by atoms with van der Waals surface area (Å²) in [6.45, 7) is 0.294. The van der Waals surface area contributed by atoms with Crippen LogP contribution in [0.2, 0.25) is 0 Å². The van der Waals surface area contributed by atoms with Gasteiger partial charge in [0.05, 0.1) is 0 Å². The van der Waals surface area contributed by atoms with E-state index in [9.17, 15) is 23.6 Å². The normalized spacial score (nSPS) is 19.4. The van der Waals surface area contributed by atoms with E-state index in [4.69, 9.17) is 0 Å². The lowest BCUT2D eigenvalue weighted by molar-refractivity contribution is -0.124. The van der Waals surface area contributed by atoms with Crippen LogP contribution >= 0.6 is 0 Å². The van der Waals surface area contributed by atoms with Gasteiger partial charge in [-0.3, -0.25) is 14.5 Å². The molecule has 0 saturated carbocycles. The molecule has 1 saturated heterocycles. The summed E-state index contributed by atoms with van der Waals surface area (Å²) in [7, 11) is 0. The number of carbonyl (C=O) groups excluding carboxylic acids is 2. The maximum Gasteiger partial charge on any atom is 0.258 e. The number of carbonyl (C=O) groups is 2. The number of phenolic OH excluding ortho intramolecular Hbond substituents is 1. The molecule has 2 unspecified atom stereocenters.